The predicted molar refractivity (Wildman–Crippen MR) is 120 cm³/mol. The lowest BCUT2D eigenvalue weighted by Gasteiger charge is -2.37. The Kier molecular flexibility index (Phi) is 8.57. The minimum atomic E-state index is -2.41. The number of halogens is 2. The molecule has 0 aromatic heterocycles. The quantitative estimate of drug-likeness (QED) is 0.386. The zero-order chi connectivity index (χ0) is 20.7. The summed E-state index contributed by atoms with van der Waals surface area (Å²) in [6.07, 6.45) is 14.6. The van der Waals surface area contributed by atoms with Gasteiger partial charge in [-0.25, -0.2) is 8.78 Å². The van der Waals surface area contributed by atoms with Gasteiger partial charge < -0.3 is 0 Å². The number of aryl methyl sites for hydroxylation is 2. The van der Waals surface area contributed by atoms with Crippen LogP contribution in [0.15, 0.2) is 24.3 Å². The first-order valence-electron chi connectivity index (χ1n) is 12.5. The normalized spacial score (nSPS) is 29.7. The first kappa shape index (κ1) is 22.8. The van der Waals surface area contributed by atoms with Crippen molar-refractivity contribution < 1.29 is 8.78 Å². The summed E-state index contributed by atoms with van der Waals surface area (Å²) >= 11 is 0. The fraction of sp³-hybridized carbons (Fsp3) is 0.778. The van der Waals surface area contributed by atoms with E-state index in [2.05, 4.69) is 38.1 Å². The molecule has 2 aliphatic rings. The molecular weight excluding hydrogens is 362 g/mol. The maximum Gasteiger partial charge on any atom is 0.251 e. The number of alkyl halides is 2. The summed E-state index contributed by atoms with van der Waals surface area (Å²) in [6, 6.07) is 9.20. The van der Waals surface area contributed by atoms with Gasteiger partial charge in [0.25, 0.3) is 5.92 Å². The maximum absolute atomic E-state index is 14.5. The summed E-state index contributed by atoms with van der Waals surface area (Å²) in [5, 5.41) is 0. The molecule has 3 rings (SSSR count). The molecule has 2 fully saturated rings. The van der Waals surface area contributed by atoms with Crippen LogP contribution < -0.4 is 0 Å². The maximum atomic E-state index is 14.5. The lowest BCUT2D eigenvalue weighted by atomic mass is 9.73. The highest BCUT2D eigenvalue weighted by atomic mass is 19.3. The fourth-order valence-electron chi connectivity index (χ4n) is 5.78. The largest absolute Gasteiger partial charge is 0.251 e. The molecule has 0 bridgehead atoms. The Morgan fingerprint density at radius 1 is 0.724 bits per heavy atom. The molecule has 0 heterocycles. The van der Waals surface area contributed by atoms with E-state index >= 15 is 0 Å². The van der Waals surface area contributed by atoms with Crippen molar-refractivity contribution in [2.45, 2.75) is 110 Å². The summed E-state index contributed by atoms with van der Waals surface area (Å²) < 4.78 is 28.9. The van der Waals surface area contributed by atoms with Crippen LogP contribution in [0.4, 0.5) is 8.78 Å². The Balaban J connectivity index is 1.34. The zero-order valence-corrected chi connectivity index (χ0v) is 18.8. The zero-order valence-electron chi connectivity index (χ0n) is 18.8. The summed E-state index contributed by atoms with van der Waals surface area (Å²) in [6.45, 7) is 4.29. The molecule has 0 N–H and O–H groups in total. The molecule has 2 unspecified atom stereocenters. The van der Waals surface area contributed by atoms with Crippen LogP contribution in [0, 0.1) is 23.7 Å². The van der Waals surface area contributed by atoms with Crippen molar-refractivity contribution in [3.8, 4) is 0 Å². The van der Waals surface area contributed by atoms with E-state index in [4.69, 9.17) is 0 Å². The van der Waals surface area contributed by atoms with Crippen LogP contribution in [0.25, 0.3) is 0 Å². The minimum Gasteiger partial charge on any atom is -0.207 e. The lowest BCUT2D eigenvalue weighted by molar-refractivity contribution is -0.106. The molecule has 0 amide bonds. The van der Waals surface area contributed by atoms with Crippen molar-refractivity contribution in [3.05, 3.63) is 35.4 Å². The standard InChI is InChI=1S/C27H42F2/c1-3-5-22-6-8-23(9-7-22)10-11-24-12-14-25(15-13-24)17-19-26-18-16-21(4-2)20-27(26,28)29/h6-9,21,24-26H,3-5,10-20H2,1-2H3. The molecule has 29 heavy (non-hydrogen) atoms. The smallest absolute Gasteiger partial charge is 0.207 e. The third-order valence-corrected chi connectivity index (χ3v) is 7.95. The SMILES string of the molecule is CCCc1ccc(CCC2CCC(CCC3CCC(CC)CC3(F)F)CC2)cc1. The summed E-state index contributed by atoms with van der Waals surface area (Å²) in [5.74, 6) is -0.983. The molecule has 2 atom stereocenters. The third kappa shape index (κ3) is 6.79. The van der Waals surface area contributed by atoms with Gasteiger partial charge in [-0.3, -0.25) is 0 Å². The molecule has 0 nitrogen and oxygen atoms in total. The molecular formula is C27H42F2. The molecule has 2 aliphatic carbocycles. The van der Waals surface area contributed by atoms with Crippen LogP contribution in [0.5, 0.6) is 0 Å². The van der Waals surface area contributed by atoms with E-state index in [1.807, 2.05) is 0 Å². The summed E-state index contributed by atoms with van der Waals surface area (Å²) in [4.78, 5) is 0. The van der Waals surface area contributed by atoms with Crippen molar-refractivity contribution in [2.24, 2.45) is 23.7 Å². The molecule has 164 valence electrons. The Hall–Kier alpha value is -0.920. The van der Waals surface area contributed by atoms with Gasteiger partial charge in [0.05, 0.1) is 0 Å². The lowest BCUT2D eigenvalue weighted by Crippen LogP contribution is -2.36. The first-order chi connectivity index (χ1) is 14.0. The van der Waals surface area contributed by atoms with Crippen molar-refractivity contribution >= 4 is 0 Å². The van der Waals surface area contributed by atoms with Gasteiger partial charge in [-0.2, -0.15) is 0 Å². The van der Waals surface area contributed by atoms with Crippen molar-refractivity contribution in [1.29, 1.82) is 0 Å². The number of hydrogen-bond acceptors (Lipinski definition) is 0. The highest BCUT2D eigenvalue weighted by Crippen LogP contribution is 2.45. The van der Waals surface area contributed by atoms with Crippen molar-refractivity contribution in [2.75, 3.05) is 0 Å². The van der Waals surface area contributed by atoms with Gasteiger partial charge in [0, 0.05) is 12.3 Å². The Bertz CT molecular complexity index is 583. The second-order valence-corrected chi connectivity index (χ2v) is 10.1. The van der Waals surface area contributed by atoms with E-state index in [-0.39, 0.29) is 18.3 Å². The molecule has 0 saturated heterocycles. The molecule has 2 heteroatoms. The first-order valence-corrected chi connectivity index (χ1v) is 12.5. The second-order valence-electron chi connectivity index (χ2n) is 10.1. The Morgan fingerprint density at radius 2 is 1.28 bits per heavy atom. The van der Waals surface area contributed by atoms with Crippen molar-refractivity contribution in [1.82, 2.24) is 0 Å². The van der Waals surface area contributed by atoms with Crippen LogP contribution in [0.3, 0.4) is 0 Å². The monoisotopic (exact) mass is 404 g/mol. The topological polar surface area (TPSA) is 0 Å². The Morgan fingerprint density at radius 3 is 1.83 bits per heavy atom. The van der Waals surface area contributed by atoms with Crippen LogP contribution >= 0.6 is 0 Å². The van der Waals surface area contributed by atoms with Crippen molar-refractivity contribution in [3.63, 3.8) is 0 Å². The Labute approximate surface area is 177 Å². The van der Waals surface area contributed by atoms with Gasteiger partial charge in [0.15, 0.2) is 0 Å². The van der Waals surface area contributed by atoms with Crippen LogP contribution in [-0.2, 0) is 12.8 Å². The van der Waals surface area contributed by atoms with Gasteiger partial charge >= 0.3 is 0 Å². The van der Waals surface area contributed by atoms with Crippen LogP contribution in [-0.4, -0.2) is 5.92 Å². The highest BCUT2D eigenvalue weighted by Gasteiger charge is 2.44. The molecule has 1 aromatic rings. The predicted octanol–water partition coefficient (Wildman–Crippen LogP) is 8.62. The second kappa shape index (κ2) is 10.9. The number of rotatable bonds is 9. The van der Waals surface area contributed by atoms with E-state index in [9.17, 15) is 8.78 Å². The van der Waals surface area contributed by atoms with Gasteiger partial charge in [-0.05, 0) is 73.8 Å². The number of benzene rings is 1. The minimum absolute atomic E-state index is 0.139. The van der Waals surface area contributed by atoms with Gasteiger partial charge in [-0.1, -0.05) is 76.6 Å². The summed E-state index contributed by atoms with van der Waals surface area (Å²) in [5.41, 5.74) is 2.92. The number of hydrogen-bond donors (Lipinski definition) is 0. The average Bonchev–Trinajstić information content (AvgIpc) is 2.73. The van der Waals surface area contributed by atoms with E-state index in [1.54, 1.807) is 0 Å². The van der Waals surface area contributed by atoms with E-state index in [0.717, 1.165) is 38.0 Å². The van der Waals surface area contributed by atoms with E-state index in [1.165, 1.54) is 62.5 Å². The third-order valence-electron chi connectivity index (χ3n) is 7.95. The molecule has 0 spiro atoms. The van der Waals surface area contributed by atoms with Crippen LogP contribution in [0.1, 0.15) is 102 Å². The fourth-order valence-corrected chi connectivity index (χ4v) is 5.78. The van der Waals surface area contributed by atoms with Crippen LogP contribution in [0.2, 0.25) is 0 Å². The molecule has 0 aliphatic heterocycles. The van der Waals surface area contributed by atoms with E-state index < -0.39 is 5.92 Å². The average molecular weight is 405 g/mol. The van der Waals surface area contributed by atoms with Gasteiger partial charge in [0.1, 0.15) is 0 Å². The van der Waals surface area contributed by atoms with E-state index in [0.29, 0.717) is 5.92 Å². The van der Waals surface area contributed by atoms with Gasteiger partial charge in [-0.15, -0.1) is 0 Å². The van der Waals surface area contributed by atoms with Gasteiger partial charge in [0.2, 0.25) is 0 Å². The molecule has 0 radical (unpaired) electrons. The summed E-state index contributed by atoms with van der Waals surface area (Å²) in [7, 11) is 0. The highest BCUT2D eigenvalue weighted by molar-refractivity contribution is 5.22. The molecule has 2 saturated carbocycles. The molecule has 1 aromatic carbocycles.